The maximum absolute atomic E-state index is 12.3. The Balaban J connectivity index is 1.88. The highest BCUT2D eigenvalue weighted by Gasteiger charge is 2.15. The minimum atomic E-state index is -0.541. The van der Waals surface area contributed by atoms with Crippen molar-refractivity contribution in [1.82, 2.24) is 19.8 Å². The molecule has 0 saturated carbocycles. The Morgan fingerprint density at radius 1 is 1.00 bits per heavy atom. The molecule has 23 heavy (non-hydrogen) atoms. The number of Topliss-reactive ketones (excluding diaryl/α,β-unsaturated/α-hetero) is 1. The first-order valence-corrected chi connectivity index (χ1v) is 7.38. The van der Waals surface area contributed by atoms with Gasteiger partial charge in [-0.05, 0) is 46.8 Å². The maximum Gasteiger partial charge on any atom is 0.368 e. The zero-order valence-corrected chi connectivity index (χ0v) is 13.2. The molecule has 0 saturated heterocycles. The van der Waals surface area contributed by atoms with Gasteiger partial charge in [0, 0.05) is 10.6 Å². The van der Waals surface area contributed by atoms with Crippen LogP contribution in [0.1, 0.15) is 10.4 Å². The second-order valence-electron chi connectivity index (χ2n) is 4.71. The zero-order chi connectivity index (χ0) is 16.4. The van der Waals surface area contributed by atoms with Gasteiger partial charge in [-0.15, -0.1) is 0 Å². The van der Waals surface area contributed by atoms with Crippen molar-refractivity contribution in [3.8, 4) is 5.69 Å². The van der Waals surface area contributed by atoms with Gasteiger partial charge >= 0.3 is 5.69 Å². The lowest BCUT2D eigenvalue weighted by Crippen LogP contribution is -2.27. The van der Waals surface area contributed by atoms with E-state index < -0.39 is 5.69 Å². The van der Waals surface area contributed by atoms with E-state index in [1.165, 1.54) is 0 Å². The molecule has 0 aliphatic carbocycles. The Bertz CT molecular complexity index is 916. The molecule has 0 N–H and O–H groups in total. The quantitative estimate of drug-likeness (QED) is 0.679. The summed E-state index contributed by atoms with van der Waals surface area (Å²) in [5.74, 6) is -0.269. The Kier molecular flexibility index (Phi) is 4.27. The van der Waals surface area contributed by atoms with Gasteiger partial charge in [-0.2, -0.15) is 9.36 Å². The SMILES string of the molecule is O=C(Cn1nnn(-c2ccccc2Cl)c1=O)c1ccc(Cl)cc1. The molecule has 8 heteroatoms. The molecule has 0 radical (unpaired) electrons. The number of benzene rings is 2. The van der Waals surface area contributed by atoms with Crippen LogP contribution in [0.5, 0.6) is 0 Å². The summed E-state index contributed by atoms with van der Waals surface area (Å²) in [5.41, 5.74) is 0.304. The van der Waals surface area contributed by atoms with Gasteiger partial charge in [0.05, 0.1) is 10.7 Å². The van der Waals surface area contributed by atoms with E-state index in [4.69, 9.17) is 23.2 Å². The normalized spacial score (nSPS) is 10.7. The van der Waals surface area contributed by atoms with Gasteiger partial charge in [0.2, 0.25) is 0 Å². The van der Waals surface area contributed by atoms with Crippen LogP contribution in [-0.4, -0.2) is 25.6 Å². The summed E-state index contributed by atoms with van der Waals surface area (Å²) in [6.45, 7) is -0.217. The van der Waals surface area contributed by atoms with Crippen molar-refractivity contribution in [2.75, 3.05) is 0 Å². The minimum absolute atomic E-state index is 0.217. The molecule has 0 aliphatic rings. The summed E-state index contributed by atoms with van der Waals surface area (Å²) in [6, 6.07) is 13.2. The third-order valence-electron chi connectivity index (χ3n) is 3.18. The molecule has 0 aliphatic heterocycles. The molecule has 0 spiro atoms. The minimum Gasteiger partial charge on any atom is -0.292 e. The number of nitrogens with zero attached hydrogens (tertiary/aromatic N) is 4. The molecule has 0 atom stereocenters. The number of hydrogen-bond donors (Lipinski definition) is 0. The summed E-state index contributed by atoms with van der Waals surface area (Å²) in [5, 5.41) is 8.39. The number of aromatic nitrogens is 4. The first kappa shape index (κ1) is 15.5. The van der Waals surface area contributed by atoms with Crippen molar-refractivity contribution >= 4 is 29.0 Å². The van der Waals surface area contributed by atoms with E-state index in [0.717, 1.165) is 9.36 Å². The first-order chi connectivity index (χ1) is 11.1. The van der Waals surface area contributed by atoms with Crippen molar-refractivity contribution in [2.24, 2.45) is 0 Å². The van der Waals surface area contributed by atoms with E-state index in [1.807, 2.05) is 0 Å². The summed E-state index contributed by atoms with van der Waals surface area (Å²) in [4.78, 5) is 24.5. The third-order valence-corrected chi connectivity index (χ3v) is 3.75. The third kappa shape index (κ3) is 3.18. The fraction of sp³-hybridized carbons (Fsp3) is 0.0667. The maximum atomic E-state index is 12.3. The van der Waals surface area contributed by atoms with Crippen molar-refractivity contribution in [1.29, 1.82) is 0 Å². The Morgan fingerprint density at radius 2 is 1.70 bits per heavy atom. The lowest BCUT2D eigenvalue weighted by molar-refractivity contribution is 0.0965. The van der Waals surface area contributed by atoms with Gasteiger partial charge in [0.25, 0.3) is 0 Å². The largest absolute Gasteiger partial charge is 0.368 e. The summed E-state index contributed by atoms with van der Waals surface area (Å²) in [7, 11) is 0. The first-order valence-electron chi connectivity index (χ1n) is 6.63. The molecule has 6 nitrogen and oxygen atoms in total. The number of tetrazole rings is 1. The van der Waals surface area contributed by atoms with E-state index in [9.17, 15) is 9.59 Å². The van der Waals surface area contributed by atoms with Crippen LogP contribution in [0.2, 0.25) is 10.0 Å². The van der Waals surface area contributed by atoms with Gasteiger partial charge in [0.15, 0.2) is 5.78 Å². The predicted molar refractivity (Wildman–Crippen MR) is 86.4 cm³/mol. The number of halogens is 2. The molecule has 0 fully saturated rings. The molecule has 3 rings (SSSR count). The number of carbonyl (C=O) groups is 1. The van der Waals surface area contributed by atoms with Gasteiger partial charge < -0.3 is 0 Å². The average Bonchev–Trinajstić information content (AvgIpc) is 2.89. The molecule has 1 heterocycles. The summed E-state index contributed by atoms with van der Waals surface area (Å²) in [6.07, 6.45) is 0. The van der Waals surface area contributed by atoms with Crippen molar-refractivity contribution in [2.45, 2.75) is 6.54 Å². The van der Waals surface area contributed by atoms with E-state index in [0.29, 0.717) is 21.3 Å². The van der Waals surface area contributed by atoms with E-state index in [-0.39, 0.29) is 12.3 Å². The van der Waals surface area contributed by atoms with Crippen molar-refractivity contribution < 1.29 is 4.79 Å². The number of carbonyl (C=O) groups excluding carboxylic acids is 1. The number of ketones is 1. The highest BCUT2D eigenvalue weighted by molar-refractivity contribution is 6.32. The number of rotatable bonds is 4. The van der Waals surface area contributed by atoms with Crippen LogP contribution in [0.25, 0.3) is 5.69 Å². The Hall–Kier alpha value is -2.44. The fourth-order valence-corrected chi connectivity index (χ4v) is 2.35. The van der Waals surface area contributed by atoms with Crippen molar-refractivity contribution in [3.05, 3.63) is 74.6 Å². The summed E-state index contributed by atoms with van der Waals surface area (Å²) >= 11 is 11.8. The van der Waals surface area contributed by atoms with Gasteiger partial charge in [-0.3, -0.25) is 4.79 Å². The van der Waals surface area contributed by atoms with Crippen LogP contribution >= 0.6 is 23.2 Å². The zero-order valence-electron chi connectivity index (χ0n) is 11.7. The highest BCUT2D eigenvalue weighted by atomic mass is 35.5. The van der Waals surface area contributed by atoms with Crippen molar-refractivity contribution in [3.63, 3.8) is 0 Å². The van der Waals surface area contributed by atoms with Crippen LogP contribution in [0.15, 0.2) is 53.3 Å². The Morgan fingerprint density at radius 3 is 2.39 bits per heavy atom. The lowest BCUT2D eigenvalue weighted by atomic mass is 10.1. The van der Waals surface area contributed by atoms with Crippen LogP contribution in [0.3, 0.4) is 0 Å². The topological polar surface area (TPSA) is 69.8 Å². The van der Waals surface area contributed by atoms with Crippen LogP contribution in [0.4, 0.5) is 0 Å². The van der Waals surface area contributed by atoms with Gasteiger partial charge in [0.1, 0.15) is 6.54 Å². The molecule has 2 aromatic carbocycles. The Labute approximate surface area is 140 Å². The smallest absolute Gasteiger partial charge is 0.292 e. The van der Waals surface area contributed by atoms with E-state index in [2.05, 4.69) is 10.4 Å². The molecule has 3 aromatic rings. The van der Waals surface area contributed by atoms with Crippen LogP contribution < -0.4 is 5.69 Å². The van der Waals surface area contributed by atoms with Gasteiger partial charge in [-0.25, -0.2) is 4.79 Å². The molecule has 0 amide bonds. The average molecular weight is 349 g/mol. The van der Waals surface area contributed by atoms with Crippen LogP contribution in [-0.2, 0) is 6.54 Å². The predicted octanol–water partition coefficient (Wildman–Crippen LogP) is 2.62. The monoisotopic (exact) mass is 348 g/mol. The lowest BCUT2D eigenvalue weighted by Gasteiger charge is -2.01. The molecule has 1 aromatic heterocycles. The number of hydrogen-bond acceptors (Lipinski definition) is 4. The molecule has 0 unspecified atom stereocenters. The fourth-order valence-electron chi connectivity index (χ4n) is 2.01. The summed E-state index contributed by atoms with van der Waals surface area (Å²) < 4.78 is 2.04. The molecule has 116 valence electrons. The molecular formula is C15H10Cl2N4O2. The second kappa shape index (κ2) is 6.36. The van der Waals surface area contributed by atoms with Gasteiger partial charge in [-0.1, -0.05) is 35.3 Å². The second-order valence-corrected chi connectivity index (χ2v) is 5.56. The highest BCUT2D eigenvalue weighted by Crippen LogP contribution is 2.16. The molecular weight excluding hydrogens is 339 g/mol. The van der Waals surface area contributed by atoms with E-state index >= 15 is 0 Å². The van der Waals surface area contributed by atoms with E-state index in [1.54, 1.807) is 48.5 Å². The number of para-hydroxylation sites is 1. The standard InChI is InChI=1S/C15H10Cl2N4O2/c16-11-7-5-10(6-8-11)14(22)9-20-15(23)21(19-18-20)13-4-2-1-3-12(13)17/h1-8H,9H2. The van der Waals surface area contributed by atoms with Crippen LogP contribution in [0, 0.1) is 0 Å². The molecule has 0 bridgehead atoms.